The molecule has 0 aliphatic rings. The zero-order valence-electron chi connectivity index (χ0n) is 28.0. The largest absolute Gasteiger partial charge is 0.311 e. The van der Waals surface area contributed by atoms with Crippen molar-refractivity contribution in [3.8, 4) is 33.5 Å². The molecule has 4 nitrogen and oxygen atoms in total. The predicted octanol–water partition coefficient (Wildman–Crippen LogP) is 13.0. The van der Waals surface area contributed by atoms with E-state index in [4.69, 9.17) is 4.98 Å². The highest BCUT2D eigenvalue weighted by Gasteiger charge is 2.16. The average Bonchev–Trinajstić information content (AvgIpc) is 3.61. The molecule has 52 heavy (non-hydrogen) atoms. The van der Waals surface area contributed by atoms with Gasteiger partial charge in [0.1, 0.15) is 0 Å². The van der Waals surface area contributed by atoms with E-state index in [1.807, 2.05) is 42.1 Å². The first kappa shape index (κ1) is 30.2. The fourth-order valence-electron chi connectivity index (χ4n) is 7.20. The Bertz CT molecular complexity index is 2770. The van der Waals surface area contributed by atoms with Crippen LogP contribution in [-0.4, -0.2) is 15.0 Å². The second kappa shape index (κ2) is 12.6. The van der Waals surface area contributed by atoms with E-state index in [0.717, 1.165) is 72.4 Å². The molecule has 0 amide bonds. The zero-order valence-corrected chi connectivity index (χ0v) is 28.8. The summed E-state index contributed by atoms with van der Waals surface area (Å²) in [7, 11) is 0. The number of thiophene rings is 1. The molecular formula is C47H30N4S. The van der Waals surface area contributed by atoms with E-state index in [-0.39, 0.29) is 0 Å². The van der Waals surface area contributed by atoms with Crippen LogP contribution in [0.15, 0.2) is 182 Å². The number of anilines is 3. The van der Waals surface area contributed by atoms with Crippen LogP contribution in [0.25, 0.3) is 75.5 Å². The molecule has 0 radical (unpaired) electrons. The monoisotopic (exact) mass is 682 g/mol. The topological polar surface area (TPSA) is 41.9 Å². The smallest absolute Gasteiger partial charge is 0.0795 e. The third-order valence-corrected chi connectivity index (χ3v) is 11.0. The predicted molar refractivity (Wildman–Crippen MR) is 219 cm³/mol. The Morgan fingerprint density at radius 2 is 0.904 bits per heavy atom. The lowest BCUT2D eigenvalue weighted by Crippen LogP contribution is -2.09. The summed E-state index contributed by atoms with van der Waals surface area (Å²) in [5.41, 5.74) is 11.9. The van der Waals surface area contributed by atoms with Crippen LogP contribution in [0.1, 0.15) is 0 Å². The number of rotatable bonds is 6. The number of hydrogen-bond acceptors (Lipinski definition) is 5. The molecule has 0 saturated heterocycles. The van der Waals surface area contributed by atoms with Gasteiger partial charge in [0, 0.05) is 72.2 Å². The van der Waals surface area contributed by atoms with E-state index in [9.17, 15) is 0 Å². The van der Waals surface area contributed by atoms with Gasteiger partial charge in [0.25, 0.3) is 0 Å². The molecule has 0 N–H and O–H groups in total. The summed E-state index contributed by atoms with van der Waals surface area (Å²) in [5.74, 6) is 0. The molecule has 0 aliphatic heterocycles. The Kier molecular flexibility index (Phi) is 7.29. The van der Waals surface area contributed by atoms with Gasteiger partial charge in [-0.15, -0.1) is 11.3 Å². The van der Waals surface area contributed by atoms with E-state index >= 15 is 0 Å². The Morgan fingerprint density at radius 3 is 1.48 bits per heavy atom. The molecule has 10 aromatic rings. The maximum absolute atomic E-state index is 4.89. The lowest BCUT2D eigenvalue weighted by molar-refractivity contribution is 1.28. The minimum Gasteiger partial charge on any atom is -0.311 e. The van der Waals surface area contributed by atoms with Crippen LogP contribution in [0.4, 0.5) is 17.1 Å². The van der Waals surface area contributed by atoms with Gasteiger partial charge in [-0.3, -0.25) is 15.0 Å². The van der Waals surface area contributed by atoms with Crippen molar-refractivity contribution >= 4 is 70.4 Å². The van der Waals surface area contributed by atoms with Crippen LogP contribution in [-0.2, 0) is 0 Å². The van der Waals surface area contributed by atoms with Gasteiger partial charge < -0.3 is 4.90 Å². The van der Waals surface area contributed by atoms with E-state index in [1.54, 1.807) is 0 Å². The van der Waals surface area contributed by atoms with Gasteiger partial charge in [-0.1, -0.05) is 91.0 Å². The van der Waals surface area contributed by atoms with Crippen molar-refractivity contribution < 1.29 is 0 Å². The van der Waals surface area contributed by atoms with Gasteiger partial charge in [-0.05, 0) is 95.1 Å². The molecule has 244 valence electrons. The maximum atomic E-state index is 4.89. The van der Waals surface area contributed by atoms with Crippen LogP contribution in [0.3, 0.4) is 0 Å². The number of aromatic nitrogens is 3. The van der Waals surface area contributed by atoms with E-state index in [1.165, 1.54) is 20.2 Å². The van der Waals surface area contributed by atoms with Crippen molar-refractivity contribution in [3.05, 3.63) is 182 Å². The summed E-state index contributed by atoms with van der Waals surface area (Å²) >= 11 is 1.82. The van der Waals surface area contributed by atoms with E-state index in [2.05, 4.69) is 167 Å². The average molecular weight is 683 g/mol. The summed E-state index contributed by atoms with van der Waals surface area (Å²) in [6.45, 7) is 0. The van der Waals surface area contributed by atoms with Crippen molar-refractivity contribution in [2.24, 2.45) is 0 Å². The Labute approximate surface area is 305 Å². The molecule has 0 atom stereocenters. The standard InChI is InChI=1S/C47H30N4S/c1-2-8-44-41(7-1)46-45(52-44)25-28-50-47(46)35-17-23-40(24-18-35)51(38-19-13-31(14-20-38)36-11-9-33-5-3-26-48-42(33)29-36)39-21-15-32(16-22-39)37-12-10-34-6-4-27-49-43(34)30-37/h1-30H. The van der Waals surface area contributed by atoms with Crippen molar-refractivity contribution in [2.75, 3.05) is 4.90 Å². The van der Waals surface area contributed by atoms with Gasteiger partial charge in [-0.2, -0.15) is 0 Å². The molecule has 5 heteroatoms. The fourth-order valence-corrected chi connectivity index (χ4v) is 8.30. The molecule has 0 saturated carbocycles. The third kappa shape index (κ3) is 5.36. The Morgan fingerprint density at radius 1 is 0.385 bits per heavy atom. The Hall–Kier alpha value is -6.69. The second-order valence-corrected chi connectivity index (χ2v) is 14.0. The first-order valence-electron chi connectivity index (χ1n) is 17.3. The fraction of sp³-hybridized carbons (Fsp3) is 0. The number of benzene rings is 6. The summed E-state index contributed by atoms with van der Waals surface area (Å²) in [4.78, 5) is 16.4. The van der Waals surface area contributed by atoms with Crippen molar-refractivity contribution in [1.29, 1.82) is 0 Å². The molecule has 4 aromatic heterocycles. The summed E-state index contributed by atoms with van der Waals surface area (Å²) in [6.07, 6.45) is 5.62. The minimum absolute atomic E-state index is 0.994. The van der Waals surface area contributed by atoms with Gasteiger partial charge in [0.2, 0.25) is 0 Å². The molecule has 4 heterocycles. The van der Waals surface area contributed by atoms with Crippen LogP contribution >= 0.6 is 11.3 Å². The quantitative estimate of drug-likeness (QED) is 0.175. The van der Waals surface area contributed by atoms with Crippen LogP contribution in [0, 0.1) is 0 Å². The second-order valence-electron chi connectivity index (χ2n) is 12.9. The van der Waals surface area contributed by atoms with Gasteiger partial charge in [-0.25, -0.2) is 0 Å². The van der Waals surface area contributed by atoms with E-state index in [0.29, 0.717) is 0 Å². The van der Waals surface area contributed by atoms with Gasteiger partial charge >= 0.3 is 0 Å². The minimum atomic E-state index is 0.994. The van der Waals surface area contributed by atoms with Crippen molar-refractivity contribution in [2.45, 2.75) is 0 Å². The van der Waals surface area contributed by atoms with Crippen LogP contribution in [0.2, 0.25) is 0 Å². The summed E-state index contributed by atoms with van der Waals surface area (Å²) < 4.78 is 2.53. The summed E-state index contributed by atoms with van der Waals surface area (Å²) in [5, 5.41) is 4.74. The molecule has 0 unspecified atom stereocenters. The lowest BCUT2D eigenvalue weighted by atomic mass is 10.0. The molecule has 0 aliphatic carbocycles. The third-order valence-electron chi connectivity index (χ3n) is 9.82. The lowest BCUT2D eigenvalue weighted by Gasteiger charge is -2.26. The summed E-state index contributed by atoms with van der Waals surface area (Å²) in [6, 6.07) is 58.2. The highest BCUT2D eigenvalue weighted by atomic mass is 32.1. The Balaban J connectivity index is 1.04. The highest BCUT2D eigenvalue weighted by molar-refractivity contribution is 7.25. The number of nitrogens with zero attached hydrogens (tertiary/aromatic N) is 4. The normalized spacial score (nSPS) is 11.5. The van der Waals surface area contributed by atoms with Gasteiger partial charge in [0.15, 0.2) is 0 Å². The maximum Gasteiger partial charge on any atom is 0.0795 e. The number of hydrogen-bond donors (Lipinski definition) is 0. The molecular weight excluding hydrogens is 653 g/mol. The van der Waals surface area contributed by atoms with Crippen molar-refractivity contribution in [3.63, 3.8) is 0 Å². The molecule has 10 rings (SSSR count). The first-order valence-corrected chi connectivity index (χ1v) is 18.1. The van der Waals surface area contributed by atoms with Crippen molar-refractivity contribution in [1.82, 2.24) is 15.0 Å². The van der Waals surface area contributed by atoms with Crippen LogP contribution < -0.4 is 4.90 Å². The van der Waals surface area contributed by atoms with Crippen LogP contribution in [0.5, 0.6) is 0 Å². The number of pyridine rings is 3. The van der Waals surface area contributed by atoms with E-state index < -0.39 is 0 Å². The molecule has 6 aromatic carbocycles. The SMILES string of the molecule is c1cnc2cc(-c3ccc(N(c4ccc(-c5ccc6cccnc6c5)cc4)c4ccc(-c5nccc6sc7ccccc7c56)cc4)cc3)ccc2c1. The highest BCUT2D eigenvalue weighted by Crippen LogP contribution is 2.41. The molecule has 0 fully saturated rings. The first-order chi connectivity index (χ1) is 25.7. The van der Waals surface area contributed by atoms with Gasteiger partial charge in [0.05, 0.1) is 16.7 Å². The molecule has 0 spiro atoms. The number of fused-ring (bicyclic) bond motifs is 5. The zero-order chi connectivity index (χ0) is 34.4. The molecule has 0 bridgehead atoms.